The first kappa shape index (κ1) is 13.8. The number of aliphatic hydroxyl groups is 1. The fourth-order valence-electron chi connectivity index (χ4n) is 1.81. The van der Waals surface area contributed by atoms with Crippen LogP contribution in [-0.4, -0.2) is 45.9 Å². The van der Waals surface area contributed by atoms with Gasteiger partial charge in [-0.3, -0.25) is 0 Å². The molecule has 0 radical (unpaired) electrons. The lowest BCUT2D eigenvalue weighted by atomic mass is 9.80. The summed E-state index contributed by atoms with van der Waals surface area (Å²) in [6.45, 7) is 3.04. The first-order valence-electron chi connectivity index (χ1n) is 6.68. The fraction of sp³-hybridized carbons (Fsp3) is 0.750. The minimum atomic E-state index is -0.614. The maximum atomic E-state index is 10.0. The summed E-state index contributed by atoms with van der Waals surface area (Å²) in [5, 5.41) is 15.9. The summed E-state index contributed by atoms with van der Waals surface area (Å²) in [6, 6.07) is 0.296. The van der Waals surface area contributed by atoms with Crippen molar-refractivity contribution in [1.29, 1.82) is 0 Å². The highest BCUT2D eigenvalue weighted by molar-refractivity contribution is 5.35. The summed E-state index contributed by atoms with van der Waals surface area (Å²) in [6.07, 6.45) is 3.61. The third kappa shape index (κ3) is 3.66. The van der Waals surface area contributed by atoms with E-state index in [1.54, 1.807) is 7.05 Å². The molecule has 0 bridgehead atoms. The third-order valence-electron chi connectivity index (χ3n) is 3.13. The van der Waals surface area contributed by atoms with E-state index in [1.165, 1.54) is 0 Å². The normalized spacial score (nSPS) is 16.6. The van der Waals surface area contributed by atoms with Crippen LogP contribution < -0.4 is 15.4 Å². The number of hydrogen-bond acceptors (Lipinski definition) is 7. The molecule has 19 heavy (non-hydrogen) atoms. The second-order valence-electron chi connectivity index (χ2n) is 4.80. The van der Waals surface area contributed by atoms with E-state index in [2.05, 4.69) is 25.6 Å². The van der Waals surface area contributed by atoms with Crippen LogP contribution in [0.4, 0.5) is 11.9 Å². The Morgan fingerprint density at radius 1 is 1.26 bits per heavy atom. The van der Waals surface area contributed by atoms with Gasteiger partial charge < -0.3 is 20.5 Å². The summed E-state index contributed by atoms with van der Waals surface area (Å²) in [5.74, 6) is 0.870. The number of anilines is 2. The average Bonchev–Trinajstić information content (AvgIpc) is 2.40. The van der Waals surface area contributed by atoms with Crippen molar-refractivity contribution in [3.05, 3.63) is 0 Å². The topological polar surface area (TPSA) is 92.2 Å². The zero-order valence-electron chi connectivity index (χ0n) is 11.4. The number of rotatable bonds is 7. The molecule has 106 valence electrons. The molecule has 1 aromatic rings. The maximum absolute atomic E-state index is 10.0. The van der Waals surface area contributed by atoms with Gasteiger partial charge in [-0.25, -0.2) is 0 Å². The lowest BCUT2D eigenvalue weighted by molar-refractivity contribution is -0.0203. The molecule has 0 aromatic carbocycles. The summed E-state index contributed by atoms with van der Waals surface area (Å²) in [5.41, 5.74) is -0.614. The number of ether oxygens (including phenoxy) is 1. The SMILES string of the molecule is CCCOc1nc(NC)nc(NCC2(O)CCC2)n1. The fourth-order valence-corrected chi connectivity index (χ4v) is 1.81. The van der Waals surface area contributed by atoms with Crippen molar-refractivity contribution in [1.82, 2.24) is 15.0 Å². The van der Waals surface area contributed by atoms with E-state index in [1.807, 2.05) is 6.92 Å². The van der Waals surface area contributed by atoms with E-state index < -0.39 is 5.60 Å². The Bertz CT molecular complexity index is 423. The van der Waals surface area contributed by atoms with Crippen molar-refractivity contribution in [3.63, 3.8) is 0 Å². The molecule has 0 aliphatic heterocycles. The van der Waals surface area contributed by atoms with Crippen LogP contribution in [0, 0.1) is 0 Å². The maximum Gasteiger partial charge on any atom is 0.323 e. The quantitative estimate of drug-likeness (QED) is 0.679. The van der Waals surface area contributed by atoms with Crippen LogP contribution in [0.15, 0.2) is 0 Å². The van der Waals surface area contributed by atoms with Gasteiger partial charge in [-0.05, 0) is 25.7 Å². The van der Waals surface area contributed by atoms with Gasteiger partial charge in [-0.2, -0.15) is 15.0 Å². The summed E-state index contributed by atoms with van der Waals surface area (Å²) in [7, 11) is 1.74. The van der Waals surface area contributed by atoms with Crippen LogP contribution in [0.25, 0.3) is 0 Å². The smallest absolute Gasteiger partial charge is 0.323 e. The number of nitrogens with zero attached hydrogens (tertiary/aromatic N) is 3. The molecule has 1 saturated carbocycles. The molecular weight excluding hydrogens is 246 g/mol. The Kier molecular flexibility index (Phi) is 4.36. The van der Waals surface area contributed by atoms with Gasteiger partial charge in [0.2, 0.25) is 11.9 Å². The first-order chi connectivity index (χ1) is 9.15. The van der Waals surface area contributed by atoms with Crippen LogP contribution in [-0.2, 0) is 0 Å². The zero-order chi connectivity index (χ0) is 13.7. The molecule has 3 N–H and O–H groups in total. The predicted molar refractivity (Wildman–Crippen MR) is 72.5 cm³/mol. The highest BCUT2D eigenvalue weighted by Gasteiger charge is 2.34. The molecule has 0 amide bonds. The highest BCUT2D eigenvalue weighted by Crippen LogP contribution is 2.31. The second-order valence-corrected chi connectivity index (χ2v) is 4.80. The lowest BCUT2D eigenvalue weighted by Gasteiger charge is -2.36. The van der Waals surface area contributed by atoms with Gasteiger partial charge in [0.05, 0.1) is 12.2 Å². The average molecular weight is 267 g/mol. The van der Waals surface area contributed by atoms with Crippen molar-refractivity contribution >= 4 is 11.9 Å². The van der Waals surface area contributed by atoms with Crippen LogP contribution in [0.5, 0.6) is 6.01 Å². The highest BCUT2D eigenvalue weighted by atomic mass is 16.5. The van der Waals surface area contributed by atoms with E-state index in [9.17, 15) is 5.11 Å². The van der Waals surface area contributed by atoms with Gasteiger partial charge in [0.25, 0.3) is 0 Å². The molecule has 7 heteroatoms. The molecule has 1 heterocycles. The van der Waals surface area contributed by atoms with Gasteiger partial charge in [-0.15, -0.1) is 0 Å². The Hall–Kier alpha value is -1.63. The number of aromatic nitrogens is 3. The molecule has 1 aliphatic rings. The van der Waals surface area contributed by atoms with E-state index in [0.29, 0.717) is 31.1 Å². The molecule has 0 spiro atoms. The Labute approximate surface area is 112 Å². The Balaban J connectivity index is 2.01. The summed E-state index contributed by atoms with van der Waals surface area (Å²) in [4.78, 5) is 12.5. The monoisotopic (exact) mass is 267 g/mol. The standard InChI is InChI=1S/C12H21N5O2/c1-3-7-19-11-16-9(13-2)15-10(17-11)14-8-12(18)5-4-6-12/h18H,3-8H2,1-2H3,(H2,13,14,15,16,17). The minimum absolute atomic E-state index is 0.296. The van der Waals surface area contributed by atoms with Crippen molar-refractivity contribution in [2.24, 2.45) is 0 Å². The van der Waals surface area contributed by atoms with Crippen molar-refractivity contribution in [2.75, 3.05) is 30.8 Å². The van der Waals surface area contributed by atoms with Gasteiger partial charge in [-0.1, -0.05) is 6.92 Å². The molecule has 0 unspecified atom stereocenters. The van der Waals surface area contributed by atoms with Crippen molar-refractivity contribution in [3.8, 4) is 6.01 Å². The van der Waals surface area contributed by atoms with Crippen LogP contribution >= 0.6 is 0 Å². The summed E-state index contributed by atoms with van der Waals surface area (Å²) >= 11 is 0. The first-order valence-corrected chi connectivity index (χ1v) is 6.68. The van der Waals surface area contributed by atoms with Gasteiger partial charge in [0.1, 0.15) is 0 Å². The minimum Gasteiger partial charge on any atom is -0.463 e. The Morgan fingerprint density at radius 3 is 2.58 bits per heavy atom. The molecule has 1 fully saturated rings. The molecule has 1 aromatic heterocycles. The van der Waals surface area contributed by atoms with E-state index in [-0.39, 0.29) is 0 Å². The predicted octanol–water partition coefficient (Wildman–Crippen LogP) is 1.03. The summed E-state index contributed by atoms with van der Waals surface area (Å²) < 4.78 is 5.41. The molecule has 1 aliphatic carbocycles. The largest absolute Gasteiger partial charge is 0.463 e. The number of nitrogens with one attached hydrogen (secondary N) is 2. The molecule has 2 rings (SSSR count). The van der Waals surface area contributed by atoms with Crippen molar-refractivity contribution < 1.29 is 9.84 Å². The molecular formula is C12H21N5O2. The van der Waals surface area contributed by atoms with Gasteiger partial charge in [0, 0.05) is 13.6 Å². The van der Waals surface area contributed by atoms with Crippen LogP contribution in [0.3, 0.4) is 0 Å². The molecule has 0 atom stereocenters. The number of hydrogen-bond donors (Lipinski definition) is 3. The van der Waals surface area contributed by atoms with E-state index in [0.717, 1.165) is 25.7 Å². The Morgan fingerprint density at radius 2 is 2.00 bits per heavy atom. The van der Waals surface area contributed by atoms with E-state index in [4.69, 9.17) is 4.74 Å². The van der Waals surface area contributed by atoms with E-state index >= 15 is 0 Å². The van der Waals surface area contributed by atoms with Crippen molar-refractivity contribution in [2.45, 2.75) is 38.2 Å². The lowest BCUT2D eigenvalue weighted by Crippen LogP contribution is -2.43. The second kappa shape index (κ2) is 6.01. The van der Waals surface area contributed by atoms with Crippen LogP contribution in [0.2, 0.25) is 0 Å². The molecule has 0 saturated heterocycles. The third-order valence-corrected chi connectivity index (χ3v) is 3.13. The molecule has 7 nitrogen and oxygen atoms in total. The van der Waals surface area contributed by atoms with Gasteiger partial charge in [0.15, 0.2) is 0 Å². The zero-order valence-corrected chi connectivity index (χ0v) is 11.4. The van der Waals surface area contributed by atoms with Gasteiger partial charge >= 0.3 is 6.01 Å². The van der Waals surface area contributed by atoms with Crippen LogP contribution in [0.1, 0.15) is 32.6 Å².